The van der Waals surface area contributed by atoms with Crippen molar-refractivity contribution in [3.63, 3.8) is 0 Å². The summed E-state index contributed by atoms with van der Waals surface area (Å²) in [5.74, 6) is 0.0351. The number of nitrogens with one attached hydrogen (secondary N) is 1. The molecule has 152 valence electrons. The third-order valence-electron chi connectivity index (χ3n) is 5.37. The van der Waals surface area contributed by atoms with Crippen LogP contribution in [0.5, 0.6) is 0 Å². The Balaban J connectivity index is 1.50. The van der Waals surface area contributed by atoms with Gasteiger partial charge in [0.2, 0.25) is 5.91 Å². The maximum absolute atomic E-state index is 12.4. The van der Waals surface area contributed by atoms with Crippen LogP contribution in [0.2, 0.25) is 0 Å². The van der Waals surface area contributed by atoms with E-state index in [0.29, 0.717) is 13.1 Å². The standard InChI is InChI=1S/C22H32N4O2/c1-17-21(18(2)26(24-17)14-19-9-5-4-6-10-19)13-23-22(27)16-25(3)15-20-11-7-8-12-28-20/h4-6,9-10,20H,7-8,11-16H2,1-3H3,(H,23,27). The van der Waals surface area contributed by atoms with Crippen LogP contribution < -0.4 is 5.32 Å². The lowest BCUT2D eigenvalue weighted by atomic mass is 10.1. The molecule has 6 heteroatoms. The minimum Gasteiger partial charge on any atom is -0.377 e. The first-order chi connectivity index (χ1) is 13.5. The minimum atomic E-state index is 0.0351. The second-order valence-electron chi connectivity index (χ2n) is 7.75. The number of aromatic nitrogens is 2. The molecule has 1 aromatic heterocycles. The van der Waals surface area contributed by atoms with Gasteiger partial charge in [-0.05, 0) is 45.7 Å². The number of likely N-dealkylation sites (N-methyl/N-ethyl adjacent to an activating group) is 1. The van der Waals surface area contributed by atoms with Crippen molar-refractivity contribution in [2.24, 2.45) is 0 Å². The van der Waals surface area contributed by atoms with Gasteiger partial charge in [-0.25, -0.2) is 0 Å². The summed E-state index contributed by atoms with van der Waals surface area (Å²) in [7, 11) is 1.98. The molecule has 28 heavy (non-hydrogen) atoms. The van der Waals surface area contributed by atoms with Crippen LogP contribution >= 0.6 is 0 Å². The fraction of sp³-hybridized carbons (Fsp3) is 0.545. The Hall–Kier alpha value is -2.18. The van der Waals surface area contributed by atoms with E-state index in [0.717, 1.165) is 49.5 Å². The zero-order chi connectivity index (χ0) is 19.9. The summed E-state index contributed by atoms with van der Waals surface area (Å²) in [6.45, 7) is 7.36. The molecule has 1 amide bonds. The lowest BCUT2D eigenvalue weighted by Gasteiger charge is -2.27. The summed E-state index contributed by atoms with van der Waals surface area (Å²) in [4.78, 5) is 14.4. The summed E-state index contributed by atoms with van der Waals surface area (Å²) < 4.78 is 7.77. The van der Waals surface area contributed by atoms with Crippen LogP contribution in [0.15, 0.2) is 30.3 Å². The number of hydrogen-bond acceptors (Lipinski definition) is 4. The summed E-state index contributed by atoms with van der Waals surface area (Å²) in [6, 6.07) is 10.3. The third kappa shape index (κ3) is 5.66. The summed E-state index contributed by atoms with van der Waals surface area (Å²) in [5.41, 5.74) is 4.39. The topological polar surface area (TPSA) is 59.4 Å². The number of nitrogens with zero attached hydrogens (tertiary/aromatic N) is 3. The van der Waals surface area contributed by atoms with E-state index < -0.39 is 0 Å². The highest BCUT2D eigenvalue weighted by molar-refractivity contribution is 5.78. The predicted octanol–water partition coefficient (Wildman–Crippen LogP) is 2.67. The van der Waals surface area contributed by atoms with Gasteiger partial charge in [0.25, 0.3) is 0 Å². The molecule has 1 atom stereocenters. The Labute approximate surface area is 167 Å². The molecule has 0 radical (unpaired) electrons. The number of aryl methyl sites for hydroxylation is 1. The van der Waals surface area contributed by atoms with Crippen LogP contribution in [0.4, 0.5) is 0 Å². The van der Waals surface area contributed by atoms with E-state index in [1.54, 1.807) is 0 Å². The number of benzene rings is 1. The Bertz CT molecular complexity index is 766. The van der Waals surface area contributed by atoms with E-state index in [2.05, 4.69) is 29.5 Å². The number of hydrogen-bond donors (Lipinski definition) is 1. The molecule has 2 heterocycles. The molecule has 0 saturated carbocycles. The van der Waals surface area contributed by atoms with Gasteiger partial charge in [0.15, 0.2) is 0 Å². The molecular formula is C22H32N4O2. The Morgan fingerprint density at radius 2 is 2.07 bits per heavy atom. The van der Waals surface area contributed by atoms with Gasteiger partial charge in [-0.15, -0.1) is 0 Å². The van der Waals surface area contributed by atoms with Crippen molar-refractivity contribution in [2.75, 3.05) is 26.7 Å². The van der Waals surface area contributed by atoms with E-state index in [1.807, 2.05) is 41.8 Å². The largest absolute Gasteiger partial charge is 0.377 e. The molecule has 2 aromatic rings. The average molecular weight is 385 g/mol. The molecule has 1 saturated heterocycles. The normalized spacial score (nSPS) is 17.1. The molecule has 1 fully saturated rings. The number of ether oxygens (including phenoxy) is 1. The van der Waals surface area contributed by atoms with Crippen molar-refractivity contribution >= 4 is 5.91 Å². The Morgan fingerprint density at radius 1 is 1.29 bits per heavy atom. The molecule has 0 aliphatic carbocycles. The maximum Gasteiger partial charge on any atom is 0.234 e. The lowest BCUT2D eigenvalue weighted by Crippen LogP contribution is -2.40. The molecular weight excluding hydrogens is 352 g/mol. The fourth-order valence-corrected chi connectivity index (χ4v) is 3.75. The van der Waals surface area contributed by atoms with Crippen LogP contribution in [0.3, 0.4) is 0 Å². The van der Waals surface area contributed by atoms with E-state index in [-0.39, 0.29) is 12.0 Å². The number of carbonyl (C=O) groups excluding carboxylic acids is 1. The number of amides is 1. The highest BCUT2D eigenvalue weighted by Gasteiger charge is 2.18. The van der Waals surface area contributed by atoms with E-state index in [1.165, 1.54) is 12.0 Å². The Morgan fingerprint density at radius 3 is 2.79 bits per heavy atom. The van der Waals surface area contributed by atoms with Crippen LogP contribution in [0, 0.1) is 13.8 Å². The summed E-state index contributed by atoms with van der Waals surface area (Å²) in [6.07, 6.45) is 3.71. The first kappa shape index (κ1) is 20.6. The Kier molecular flexibility index (Phi) is 7.23. The van der Waals surface area contributed by atoms with Gasteiger partial charge >= 0.3 is 0 Å². The molecule has 0 bridgehead atoms. The van der Waals surface area contributed by atoms with Crippen molar-refractivity contribution in [3.05, 3.63) is 52.8 Å². The van der Waals surface area contributed by atoms with Gasteiger partial charge in [0.1, 0.15) is 0 Å². The monoisotopic (exact) mass is 384 g/mol. The van der Waals surface area contributed by atoms with Crippen molar-refractivity contribution in [1.29, 1.82) is 0 Å². The molecule has 1 aliphatic rings. The van der Waals surface area contributed by atoms with Gasteiger partial charge in [-0.1, -0.05) is 30.3 Å². The van der Waals surface area contributed by atoms with E-state index in [9.17, 15) is 4.79 Å². The van der Waals surface area contributed by atoms with Crippen LogP contribution in [0.1, 0.15) is 41.8 Å². The van der Waals surface area contributed by atoms with Crippen molar-refractivity contribution in [1.82, 2.24) is 20.0 Å². The third-order valence-corrected chi connectivity index (χ3v) is 5.37. The molecule has 1 N–H and O–H groups in total. The molecule has 1 aromatic carbocycles. The summed E-state index contributed by atoms with van der Waals surface area (Å²) >= 11 is 0. The maximum atomic E-state index is 12.4. The van der Waals surface area contributed by atoms with Gasteiger partial charge in [-0.2, -0.15) is 5.10 Å². The molecule has 1 aliphatic heterocycles. The number of rotatable bonds is 8. The molecule has 0 spiro atoms. The highest BCUT2D eigenvalue weighted by Crippen LogP contribution is 2.15. The van der Waals surface area contributed by atoms with Crippen molar-refractivity contribution in [3.8, 4) is 0 Å². The van der Waals surface area contributed by atoms with Crippen LogP contribution in [-0.2, 0) is 22.6 Å². The first-order valence-electron chi connectivity index (χ1n) is 10.2. The second kappa shape index (κ2) is 9.85. The van der Waals surface area contributed by atoms with Crippen molar-refractivity contribution < 1.29 is 9.53 Å². The summed E-state index contributed by atoms with van der Waals surface area (Å²) in [5, 5.41) is 7.71. The lowest BCUT2D eigenvalue weighted by molar-refractivity contribution is -0.122. The van der Waals surface area contributed by atoms with Crippen molar-refractivity contribution in [2.45, 2.75) is 52.3 Å². The smallest absolute Gasteiger partial charge is 0.234 e. The highest BCUT2D eigenvalue weighted by atomic mass is 16.5. The van der Waals surface area contributed by atoms with Gasteiger partial charge in [-0.3, -0.25) is 14.4 Å². The predicted molar refractivity (Wildman–Crippen MR) is 110 cm³/mol. The second-order valence-corrected chi connectivity index (χ2v) is 7.75. The van der Waals surface area contributed by atoms with E-state index >= 15 is 0 Å². The van der Waals surface area contributed by atoms with Gasteiger partial charge < -0.3 is 10.1 Å². The zero-order valence-corrected chi connectivity index (χ0v) is 17.3. The number of carbonyl (C=O) groups is 1. The first-order valence-corrected chi connectivity index (χ1v) is 10.2. The van der Waals surface area contributed by atoms with Gasteiger partial charge in [0.05, 0.1) is 24.9 Å². The molecule has 1 unspecified atom stereocenters. The quantitative estimate of drug-likeness (QED) is 0.760. The van der Waals surface area contributed by atoms with E-state index in [4.69, 9.17) is 4.74 Å². The fourth-order valence-electron chi connectivity index (χ4n) is 3.75. The average Bonchev–Trinajstić information content (AvgIpc) is 2.94. The zero-order valence-electron chi connectivity index (χ0n) is 17.3. The molecule has 3 rings (SSSR count). The molecule has 6 nitrogen and oxygen atoms in total. The van der Waals surface area contributed by atoms with Crippen LogP contribution in [0.25, 0.3) is 0 Å². The van der Waals surface area contributed by atoms with Crippen LogP contribution in [-0.4, -0.2) is 53.4 Å². The SMILES string of the molecule is Cc1nn(Cc2ccccc2)c(C)c1CNC(=O)CN(C)CC1CCCCO1. The minimum absolute atomic E-state index is 0.0351. The van der Waals surface area contributed by atoms with Gasteiger partial charge in [0, 0.05) is 31.0 Å².